The summed E-state index contributed by atoms with van der Waals surface area (Å²) in [5.41, 5.74) is 1.40. The van der Waals surface area contributed by atoms with Gasteiger partial charge in [0.15, 0.2) is 0 Å². The first-order chi connectivity index (χ1) is 7.72. The maximum atomic E-state index is 12.0. The second-order valence-electron chi connectivity index (χ2n) is 3.42. The third-order valence-corrected chi connectivity index (χ3v) is 2.22. The van der Waals surface area contributed by atoms with E-state index in [-0.39, 0.29) is 5.91 Å². The fourth-order valence-corrected chi connectivity index (χ4v) is 1.37. The summed E-state index contributed by atoms with van der Waals surface area (Å²) in [5, 5.41) is 6.81. The molecule has 0 aliphatic carbocycles. The summed E-state index contributed by atoms with van der Waals surface area (Å²) in [4.78, 5) is 13.6. The maximum absolute atomic E-state index is 12.0. The normalized spacial score (nSPS) is 9.81. The molecule has 1 aromatic rings. The van der Waals surface area contributed by atoms with Gasteiger partial charge in [-0.25, -0.2) is 0 Å². The topological polar surface area (TPSA) is 49.0 Å². The number of hydrogen-bond donors (Lipinski definition) is 1. The van der Waals surface area contributed by atoms with Crippen molar-refractivity contribution in [2.75, 3.05) is 13.1 Å². The number of nitrogens with zero attached hydrogens (tertiary/aromatic N) is 2. The predicted octanol–water partition coefficient (Wildman–Crippen LogP) is 1.79. The van der Waals surface area contributed by atoms with E-state index in [9.17, 15) is 4.79 Å². The van der Waals surface area contributed by atoms with E-state index in [0.29, 0.717) is 18.8 Å². The minimum Gasteiger partial charge on any atom is -0.330 e. The van der Waals surface area contributed by atoms with Crippen molar-refractivity contribution in [3.63, 3.8) is 0 Å². The number of aromatic amines is 1. The minimum absolute atomic E-state index is 0.101. The number of nitrogens with one attached hydrogen (secondary N) is 1. The molecule has 16 heavy (non-hydrogen) atoms. The Bertz CT molecular complexity index is 371. The number of rotatable bonds is 6. The summed E-state index contributed by atoms with van der Waals surface area (Å²) in [6.07, 6.45) is 4.22. The molecule has 0 saturated carbocycles. The van der Waals surface area contributed by atoms with Crippen LogP contribution in [0.1, 0.15) is 23.1 Å². The van der Waals surface area contributed by atoms with Gasteiger partial charge in [0.1, 0.15) is 5.69 Å². The zero-order chi connectivity index (χ0) is 12.0. The van der Waals surface area contributed by atoms with Crippen molar-refractivity contribution in [3.05, 3.63) is 42.8 Å². The lowest BCUT2D eigenvalue weighted by atomic mass is 10.3. The molecule has 0 aromatic carbocycles. The summed E-state index contributed by atoms with van der Waals surface area (Å²) in [6, 6.07) is 1.78. The third-order valence-electron chi connectivity index (χ3n) is 2.22. The number of hydrogen-bond acceptors (Lipinski definition) is 2. The van der Waals surface area contributed by atoms with Gasteiger partial charge >= 0.3 is 0 Å². The molecule has 1 N–H and O–H groups in total. The van der Waals surface area contributed by atoms with Gasteiger partial charge in [-0.15, -0.1) is 13.2 Å². The Morgan fingerprint density at radius 1 is 1.50 bits per heavy atom. The molecule has 0 atom stereocenters. The smallest absolute Gasteiger partial charge is 0.274 e. The van der Waals surface area contributed by atoms with Crippen LogP contribution in [-0.2, 0) is 6.42 Å². The van der Waals surface area contributed by atoms with E-state index < -0.39 is 0 Å². The molecule has 1 rings (SSSR count). The monoisotopic (exact) mass is 219 g/mol. The first-order valence-electron chi connectivity index (χ1n) is 5.28. The van der Waals surface area contributed by atoms with Crippen LogP contribution in [0.25, 0.3) is 0 Å². The Labute approximate surface area is 95.7 Å². The van der Waals surface area contributed by atoms with Crippen LogP contribution in [0.15, 0.2) is 31.4 Å². The lowest BCUT2D eigenvalue weighted by Crippen LogP contribution is -2.31. The van der Waals surface area contributed by atoms with E-state index in [1.807, 2.05) is 6.92 Å². The highest BCUT2D eigenvalue weighted by atomic mass is 16.2. The molecule has 4 heteroatoms. The molecule has 0 aliphatic rings. The van der Waals surface area contributed by atoms with Crippen LogP contribution in [0, 0.1) is 0 Å². The van der Waals surface area contributed by atoms with Crippen LogP contribution in [-0.4, -0.2) is 34.1 Å². The van der Waals surface area contributed by atoms with Crippen LogP contribution in [0.5, 0.6) is 0 Å². The zero-order valence-corrected chi connectivity index (χ0v) is 9.57. The Balaban J connectivity index is 2.80. The largest absolute Gasteiger partial charge is 0.330 e. The van der Waals surface area contributed by atoms with E-state index in [4.69, 9.17) is 0 Å². The first-order valence-corrected chi connectivity index (χ1v) is 5.28. The van der Waals surface area contributed by atoms with E-state index >= 15 is 0 Å². The van der Waals surface area contributed by atoms with Crippen molar-refractivity contribution in [1.29, 1.82) is 0 Å². The van der Waals surface area contributed by atoms with E-state index in [1.54, 1.807) is 23.1 Å². The molecule has 0 radical (unpaired) electrons. The molecular weight excluding hydrogens is 202 g/mol. The van der Waals surface area contributed by atoms with Crippen molar-refractivity contribution in [1.82, 2.24) is 15.1 Å². The Kier molecular flexibility index (Phi) is 4.51. The summed E-state index contributed by atoms with van der Waals surface area (Å²) < 4.78 is 0. The quantitative estimate of drug-likeness (QED) is 0.741. The van der Waals surface area contributed by atoms with E-state index in [1.165, 1.54) is 0 Å². The van der Waals surface area contributed by atoms with Crippen LogP contribution in [0.2, 0.25) is 0 Å². The molecule has 1 aromatic heterocycles. The molecule has 0 saturated heterocycles. The van der Waals surface area contributed by atoms with Gasteiger partial charge in [0, 0.05) is 18.8 Å². The summed E-state index contributed by atoms with van der Waals surface area (Å²) in [5.74, 6) is -0.101. The highest BCUT2D eigenvalue weighted by Crippen LogP contribution is 2.05. The highest BCUT2D eigenvalue weighted by Gasteiger charge is 2.16. The van der Waals surface area contributed by atoms with Gasteiger partial charge in [-0.2, -0.15) is 5.10 Å². The van der Waals surface area contributed by atoms with Gasteiger partial charge in [0.2, 0.25) is 0 Å². The van der Waals surface area contributed by atoms with Gasteiger partial charge in [0.05, 0.1) is 0 Å². The zero-order valence-electron chi connectivity index (χ0n) is 9.57. The highest BCUT2D eigenvalue weighted by molar-refractivity contribution is 5.92. The lowest BCUT2D eigenvalue weighted by molar-refractivity contribution is 0.0785. The van der Waals surface area contributed by atoms with E-state index in [2.05, 4.69) is 23.4 Å². The van der Waals surface area contributed by atoms with Gasteiger partial charge < -0.3 is 4.90 Å². The number of carbonyl (C=O) groups excluding carboxylic acids is 1. The number of aryl methyl sites for hydroxylation is 1. The number of H-pyrrole nitrogens is 1. The molecule has 0 spiro atoms. The molecule has 1 amide bonds. The Hall–Kier alpha value is -1.84. The minimum atomic E-state index is -0.101. The predicted molar refractivity (Wildman–Crippen MR) is 64.3 cm³/mol. The van der Waals surface area contributed by atoms with Crippen LogP contribution in [0.4, 0.5) is 0 Å². The lowest BCUT2D eigenvalue weighted by Gasteiger charge is -2.17. The first kappa shape index (κ1) is 12.2. The molecule has 0 unspecified atom stereocenters. The molecular formula is C12H17N3O. The van der Waals surface area contributed by atoms with Gasteiger partial charge in [0.25, 0.3) is 5.91 Å². The third kappa shape index (κ3) is 2.82. The maximum Gasteiger partial charge on any atom is 0.274 e. The van der Waals surface area contributed by atoms with Crippen LogP contribution in [0.3, 0.4) is 0 Å². The van der Waals surface area contributed by atoms with Crippen LogP contribution >= 0.6 is 0 Å². The SMILES string of the molecule is C=CCN(CC=C)C(=O)c1cc(CC)[nH]n1. The fourth-order valence-electron chi connectivity index (χ4n) is 1.37. The van der Waals surface area contributed by atoms with Crippen molar-refractivity contribution in [2.45, 2.75) is 13.3 Å². The average molecular weight is 219 g/mol. The molecule has 4 nitrogen and oxygen atoms in total. The second kappa shape index (κ2) is 5.90. The molecule has 0 bridgehead atoms. The number of amides is 1. The molecule has 1 heterocycles. The fraction of sp³-hybridized carbons (Fsp3) is 0.333. The van der Waals surface area contributed by atoms with Gasteiger partial charge in [-0.3, -0.25) is 9.89 Å². The van der Waals surface area contributed by atoms with Gasteiger partial charge in [-0.05, 0) is 12.5 Å². The Morgan fingerprint density at radius 3 is 2.56 bits per heavy atom. The summed E-state index contributed by atoms with van der Waals surface area (Å²) in [6.45, 7) is 10.3. The molecule has 0 fully saturated rings. The molecule has 86 valence electrons. The second-order valence-corrected chi connectivity index (χ2v) is 3.42. The van der Waals surface area contributed by atoms with Crippen molar-refractivity contribution < 1.29 is 4.79 Å². The van der Waals surface area contributed by atoms with Crippen molar-refractivity contribution in [2.24, 2.45) is 0 Å². The van der Waals surface area contributed by atoms with E-state index in [0.717, 1.165) is 12.1 Å². The number of aromatic nitrogens is 2. The standard InChI is InChI=1S/C12H17N3O/c1-4-7-15(8-5-2)12(16)11-9-10(6-3)13-14-11/h4-5,9H,1-2,6-8H2,3H3,(H,13,14). The Morgan fingerprint density at radius 2 is 2.12 bits per heavy atom. The van der Waals surface area contributed by atoms with Gasteiger partial charge in [-0.1, -0.05) is 19.1 Å². The average Bonchev–Trinajstić information content (AvgIpc) is 2.76. The van der Waals surface area contributed by atoms with Crippen LogP contribution < -0.4 is 0 Å². The summed E-state index contributed by atoms with van der Waals surface area (Å²) >= 11 is 0. The van der Waals surface area contributed by atoms with Crippen molar-refractivity contribution >= 4 is 5.91 Å². The van der Waals surface area contributed by atoms with Crippen molar-refractivity contribution in [3.8, 4) is 0 Å². The molecule has 0 aliphatic heterocycles. The summed E-state index contributed by atoms with van der Waals surface area (Å²) in [7, 11) is 0. The number of carbonyl (C=O) groups is 1.